The van der Waals surface area contributed by atoms with Crippen molar-refractivity contribution < 1.29 is 0 Å². The SMILES string of the molecule is CC(C)C(c1cccs1)N(C)CC1CCNCC1. The van der Waals surface area contributed by atoms with Gasteiger partial charge in [-0.2, -0.15) is 0 Å². The highest BCUT2D eigenvalue weighted by Crippen LogP contribution is 2.31. The summed E-state index contributed by atoms with van der Waals surface area (Å²) in [5.41, 5.74) is 0. The number of hydrogen-bond acceptors (Lipinski definition) is 3. The molecule has 0 bridgehead atoms. The minimum Gasteiger partial charge on any atom is -0.317 e. The smallest absolute Gasteiger partial charge is 0.0461 e. The fourth-order valence-corrected chi connectivity index (χ4v) is 4.16. The van der Waals surface area contributed by atoms with E-state index in [0.29, 0.717) is 12.0 Å². The van der Waals surface area contributed by atoms with Crippen LogP contribution in [0.2, 0.25) is 0 Å². The van der Waals surface area contributed by atoms with Gasteiger partial charge < -0.3 is 5.32 Å². The van der Waals surface area contributed by atoms with Gasteiger partial charge in [-0.25, -0.2) is 0 Å². The second kappa shape index (κ2) is 6.69. The molecule has 18 heavy (non-hydrogen) atoms. The van der Waals surface area contributed by atoms with Crippen LogP contribution in [0.3, 0.4) is 0 Å². The van der Waals surface area contributed by atoms with Crippen LogP contribution in [-0.2, 0) is 0 Å². The van der Waals surface area contributed by atoms with E-state index < -0.39 is 0 Å². The molecule has 1 aliphatic heterocycles. The molecule has 0 amide bonds. The fraction of sp³-hybridized carbons (Fsp3) is 0.733. The van der Waals surface area contributed by atoms with E-state index in [2.05, 4.69) is 48.6 Å². The molecule has 1 aromatic heterocycles. The van der Waals surface area contributed by atoms with Crippen LogP contribution < -0.4 is 5.32 Å². The van der Waals surface area contributed by atoms with Crippen molar-refractivity contribution >= 4 is 11.3 Å². The summed E-state index contributed by atoms with van der Waals surface area (Å²) in [5.74, 6) is 1.55. The molecule has 1 saturated heterocycles. The second-order valence-corrected chi connectivity index (χ2v) is 6.82. The second-order valence-electron chi connectivity index (χ2n) is 5.84. The Bertz CT molecular complexity index is 328. The zero-order chi connectivity index (χ0) is 13.0. The molecule has 0 spiro atoms. The van der Waals surface area contributed by atoms with Crippen molar-refractivity contribution in [1.29, 1.82) is 0 Å². The molecule has 3 heteroatoms. The summed E-state index contributed by atoms with van der Waals surface area (Å²) >= 11 is 1.90. The molecular weight excluding hydrogens is 240 g/mol. The molecule has 1 fully saturated rings. The van der Waals surface area contributed by atoms with Gasteiger partial charge in [0.25, 0.3) is 0 Å². The third-order valence-corrected chi connectivity index (χ3v) is 4.89. The lowest BCUT2D eigenvalue weighted by molar-refractivity contribution is 0.155. The zero-order valence-electron chi connectivity index (χ0n) is 11.9. The summed E-state index contributed by atoms with van der Waals surface area (Å²) in [5, 5.41) is 5.65. The van der Waals surface area contributed by atoms with E-state index in [0.717, 1.165) is 5.92 Å². The summed E-state index contributed by atoms with van der Waals surface area (Å²) in [4.78, 5) is 4.09. The Morgan fingerprint density at radius 2 is 2.11 bits per heavy atom. The van der Waals surface area contributed by atoms with E-state index in [1.54, 1.807) is 0 Å². The summed E-state index contributed by atoms with van der Waals surface area (Å²) < 4.78 is 0. The molecule has 1 aliphatic rings. The van der Waals surface area contributed by atoms with E-state index in [1.807, 2.05) is 11.3 Å². The molecule has 1 aromatic rings. The van der Waals surface area contributed by atoms with Gasteiger partial charge in [0.15, 0.2) is 0 Å². The highest BCUT2D eigenvalue weighted by Gasteiger charge is 2.24. The highest BCUT2D eigenvalue weighted by atomic mass is 32.1. The minimum absolute atomic E-state index is 0.583. The van der Waals surface area contributed by atoms with E-state index >= 15 is 0 Å². The number of piperidine rings is 1. The first-order valence-corrected chi connectivity index (χ1v) is 8.01. The molecule has 0 aliphatic carbocycles. The fourth-order valence-electron chi connectivity index (χ4n) is 3.10. The zero-order valence-corrected chi connectivity index (χ0v) is 12.7. The third kappa shape index (κ3) is 3.56. The molecule has 1 unspecified atom stereocenters. The van der Waals surface area contributed by atoms with Crippen molar-refractivity contribution in [2.75, 3.05) is 26.7 Å². The molecule has 1 atom stereocenters. The quantitative estimate of drug-likeness (QED) is 0.879. The lowest BCUT2D eigenvalue weighted by Crippen LogP contribution is -2.37. The number of nitrogens with one attached hydrogen (secondary N) is 1. The van der Waals surface area contributed by atoms with Crippen LogP contribution in [0.4, 0.5) is 0 Å². The van der Waals surface area contributed by atoms with Crippen LogP contribution in [0, 0.1) is 11.8 Å². The maximum atomic E-state index is 3.45. The van der Waals surface area contributed by atoms with Crippen LogP contribution in [0.5, 0.6) is 0 Å². The van der Waals surface area contributed by atoms with Gasteiger partial charge in [0.1, 0.15) is 0 Å². The van der Waals surface area contributed by atoms with E-state index in [-0.39, 0.29) is 0 Å². The van der Waals surface area contributed by atoms with E-state index in [9.17, 15) is 0 Å². The number of thiophene rings is 1. The summed E-state index contributed by atoms with van der Waals surface area (Å²) in [6.45, 7) is 8.31. The van der Waals surface area contributed by atoms with Crippen molar-refractivity contribution in [3.8, 4) is 0 Å². The highest BCUT2D eigenvalue weighted by molar-refractivity contribution is 7.10. The van der Waals surface area contributed by atoms with Crippen molar-refractivity contribution in [3.05, 3.63) is 22.4 Å². The molecule has 1 N–H and O–H groups in total. The molecule has 0 radical (unpaired) electrons. The Hall–Kier alpha value is -0.380. The first-order valence-electron chi connectivity index (χ1n) is 7.13. The Morgan fingerprint density at radius 1 is 1.39 bits per heavy atom. The monoisotopic (exact) mass is 266 g/mol. The van der Waals surface area contributed by atoms with Gasteiger partial charge >= 0.3 is 0 Å². The number of hydrogen-bond donors (Lipinski definition) is 1. The summed E-state index contributed by atoms with van der Waals surface area (Å²) in [7, 11) is 2.30. The topological polar surface area (TPSA) is 15.3 Å². The minimum atomic E-state index is 0.583. The Labute approximate surface area is 115 Å². The molecule has 102 valence electrons. The number of nitrogens with zero attached hydrogens (tertiary/aromatic N) is 1. The van der Waals surface area contributed by atoms with Crippen LogP contribution in [0.15, 0.2) is 17.5 Å². The summed E-state index contributed by atoms with van der Waals surface area (Å²) in [6.07, 6.45) is 2.67. The van der Waals surface area contributed by atoms with Gasteiger partial charge in [-0.1, -0.05) is 19.9 Å². The first-order chi connectivity index (χ1) is 8.68. The van der Waals surface area contributed by atoms with E-state index in [1.165, 1.54) is 37.4 Å². The largest absolute Gasteiger partial charge is 0.317 e. The van der Waals surface area contributed by atoms with Crippen LogP contribution in [0.25, 0.3) is 0 Å². The molecule has 2 heterocycles. The van der Waals surface area contributed by atoms with Gasteiger partial charge in [0, 0.05) is 17.5 Å². The average Bonchev–Trinajstić information content (AvgIpc) is 2.83. The molecule has 2 nitrogen and oxygen atoms in total. The van der Waals surface area contributed by atoms with Crippen LogP contribution in [0.1, 0.15) is 37.6 Å². The van der Waals surface area contributed by atoms with Crippen molar-refractivity contribution in [1.82, 2.24) is 10.2 Å². The van der Waals surface area contributed by atoms with Crippen LogP contribution >= 0.6 is 11.3 Å². The maximum absolute atomic E-state index is 3.45. The lowest BCUT2D eigenvalue weighted by atomic mass is 9.95. The molecule has 2 rings (SSSR count). The standard InChI is InChI=1S/C15H26N2S/c1-12(2)15(14-5-4-10-18-14)17(3)11-13-6-8-16-9-7-13/h4-5,10,12-13,15-16H,6-9,11H2,1-3H3. The van der Waals surface area contributed by atoms with E-state index in [4.69, 9.17) is 0 Å². The number of rotatable bonds is 5. The van der Waals surface area contributed by atoms with Crippen molar-refractivity contribution in [2.45, 2.75) is 32.7 Å². The molecule has 0 saturated carbocycles. The average molecular weight is 266 g/mol. The van der Waals surface area contributed by atoms with Gasteiger partial charge in [-0.05, 0) is 56.3 Å². The molecular formula is C15H26N2S. The molecule has 0 aromatic carbocycles. The predicted octanol–water partition coefficient (Wildman–Crippen LogP) is 3.38. The summed E-state index contributed by atoms with van der Waals surface area (Å²) in [6, 6.07) is 5.04. The van der Waals surface area contributed by atoms with Gasteiger partial charge in [0.05, 0.1) is 0 Å². The third-order valence-electron chi connectivity index (χ3n) is 3.95. The van der Waals surface area contributed by atoms with Gasteiger partial charge in [-0.15, -0.1) is 11.3 Å². The lowest BCUT2D eigenvalue weighted by Gasteiger charge is -2.34. The van der Waals surface area contributed by atoms with Gasteiger partial charge in [-0.3, -0.25) is 4.90 Å². The van der Waals surface area contributed by atoms with Gasteiger partial charge in [0.2, 0.25) is 0 Å². The maximum Gasteiger partial charge on any atom is 0.0461 e. The Kier molecular flexibility index (Phi) is 5.22. The first kappa shape index (κ1) is 14.0. The Balaban J connectivity index is 1.97. The normalized spacial score (nSPS) is 19.6. The van der Waals surface area contributed by atoms with Crippen molar-refractivity contribution in [2.24, 2.45) is 11.8 Å². The Morgan fingerprint density at radius 3 is 2.67 bits per heavy atom. The van der Waals surface area contributed by atoms with Crippen LogP contribution in [-0.4, -0.2) is 31.6 Å². The predicted molar refractivity (Wildman–Crippen MR) is 80.1 cm³/mol. The van der Waals surface area contributed by atoms with Crippen molar-refractivity contribution in [3.63, 3.8) is 0 Å².